The first-order chi connectivity index (χ1) is 15.0. The van der Waals surface area contributed by atoms with Crippen LogP contribution in [-0.4, -0.2) is 79.9 Å². The summed E-state index contributed by atoms with van der Waals surface area (Å²) in [5, 5.41) is 0. The standard InChI is InChI=1S/C25H31N3O3/c1-18-7-9-19(10-8-18)24(29)28-16-22(20-5-4-6-21(15-20)31-3)23(17-28)25(30)27-13-11-26(2)12-14-27/h4-10,15,22-23H,11-14,16-17H2,1-3H3. The largest absolute Gasteiger partial charge is 0.497 e. The number of rotatable bonds is 4. The van der Waals surface area contributed by atoms with E-state index in [1.54, 1.807) is 7.11 Å². The van der Waals surface area contributed by atoms with Gasteiger partial charge >= 0.3 is 0 Å². The second kappa shape index (κ2) is 9.10. The zero-order valence-corrected chi connectivity index (χ0v) is 18.6. The zero-order valence-electron chi connectivity index (χ0n) is 18.6. The van der Waals surface area contributed by atoms with Crippen molar-refractivity contribution in [3.8, 4) is 5.75 Å². The third kappa shape index (κ3) is 4.59. The molecule has 164 valence electrons. The molecule has 2 aromatic carbocycles. The molecule has 0 saturated carbocycles. The summed E-state index contributed by atoms with van der Waals surface area (Å²) in [5.74, 6) is 0.620. The highest BCUT2D eigenvalue weighted by Crippen LogP contribution is 2.36. The van der Waals surface area contributed by atoms with Crippen molar-refractivity contribution in [3.63, 3.8) is 0 Å². The van der Waals surface area contributed by atoms with Gasteiger partial charge in [-0.05, 0) is 43.8 Å². The summed E-state index contributed by atoms with van der Waals surface area (Å²) in [6.45, 7) is 6.23. The normalized spacial score (nSPS) is 21.9. The monoisotopic (exact) mass is 421 g/mol. The van der Waals surface area contributed by atoms with Crippen LogP contribution in [0.15, 0.2) is 48.5 Å². The number of nitrogens with zero attached hydrogens (tertiary/aromatic N) is 3. The smallest absolute Gasteiger partial charge is 0.253 e. The van der Waals surface area contributed by atoms with E-state index in [9.17, 15) is 9.59 Å². The minimum Gasteiger partial charge on any atom is -0.497 e. The molecule has 2 heterocycles. The summed E-state index contributed by atoms with van der Waals surface area (Å²) in [6.07, 6.45) is 0. The molecule has 2 atom stereocenters. The fourth-order valence-electron chi connectivity index (χ4n) is 4.57. The SMILES string of the molecule is COc1cccc(C2CN(C(=O)c3ccc(C)cc3)CC2C(=O)N2CCN(C)CC2)c1. The molecule has 2 amide bonds. The Balaban J connectivity index is 1.60. The molecule has 6 nitrogen and oxygen atoms in total. The maximum absolute atomic E-state index is 13.5. The molecule has 6 heteroatoms. The number of likely N-dealkylation sites (tertiary alicyclic amines) is 1. The summed E-state index contributed by atoms with van der Waals surface area (Å²) >= 11 is 0. The highest BCUT2D eigenvalue weighted by Gasteiger charge is 2.42. The van der Waals surface area contributed by atoms with Crippen LogP contribution in [0.3, 0.4) is 0 Å². The first-order valence-electron chi connectivity index (χ1n) is 10.9. The van der Waals surface area contributed by atoms with E-state index in [1.165, 1.54) is 0 Å². The summed E-state index contributed by atoms with van der Waals surface area (Å²) in [6, 6.07) is 15.5. The maximum atomic E-state index is 13.5. The second-order valence-corrected chi connectivity index (χ2v) is 8.69. The Hall–Kier alpha value is -2.86. The third-order valence-corrected chi connectivity index (χ3v) is 6.56. The Morgan fingerprint density at radius 1 is 0.935 bits per heavy atom. The second-order valence-electron chi connectivity index (χ2n) is 8.69. The molecule has 0 radical (unpaired) electrons. The summed E-state index contributed by atoms with van der Waals surface area (Å²) in [5.41, 5.74) is 2.84. The number of hydrogen-bond donors (Lipinski definition) is 0. The fourth-order valence-corrected chi connectivity index (χ4v) is 4.57. The van der Waals surface area contributed by atoms with Gasteiger partial charge in [0.2, 0.25) is 5.91 Å². The van der Waals surface area contributed by atoms with Gasteiger partial charge in [0.1, 0.15) is 5.75 Å². The van der Waals surface area contributed by atoms with Gasteiger partial charge in [-0.3, -0.25) is 9.59 Å². The van der Waals surface area contributed by atoms with Crippen LogP contribution < -0.4 is 4.74 Å². The minimum atomic E-state index is -0.245. The number of ether oxygens (including phenoxy) is 1. The molecular weight excluding hydrogens is 390 g/mol. The predicted molar refractivity (Wildman–Crippen MR) is 120 cm³/mol. The average Bonchev–Trinajstić information content (AvgIpc) is 3.25. The van der Waals surface area contributed by atoms with Crippen LogP contribution in [-0.2, 0) is 4.79 Å². The molecule has 31 heavy (non-hydrogen) atoms. The van der Waals surface area contributed by atoms with E-state index >= 15 is 0 Å². The lowest BCUT2D eigenvalue weighted by Crippen LogP contribution is -2.50. The molecule has 2 aromatic rings. The average molecular weight is 422 g/mol. The number of likely N-dealkylation sites (N-methyl/N-ethyl adjacent to an activating group) is 1. The van der Waals surface area contributed by atoms with Crippen LogP contribution in [0.5, 0.6) is 5.75 Å². The van der Waals surface area contributed by atoms with Crippen LogP contribution in [0.25, 0.3) is 0 Å². The van der Waals surface area contributed by atoms with E-state index in [1.807, 2.05) is 65.3 Å². The number of carbonyl (C=O) groups is 2. The molecule has 4 rings (SSSR count). The lowest BCUT2D eigenvalue weighted by Gasteiger charge is -2.35. The minimum absolute atomic E-state index is 0.0124. The van der Waals surface area contributed by atoms with Crippen molar-refractivity contribution in [2.24, 2.45) is 5.92 Å². The quantitative estimate of drug-likeness (QED) is 0.762. The van der Waals surface area contributed by atoms with E-state index in [0.29, 0.717) is 18.7 Å². The van der Waals surface area contributed by atoms with Crippen molar-refractivity contribution < 1.29 is 14.3 Å². The number of methoxy groups -OCH3 is 1. The van der Waals surface area contributed by atoms with Gasteiger partial charge in [-0.2, -0.15) is 0 Å². The molecule has 2 fully saturated rings. The van der Waals surface area contributed by atoms with Crippen LogP contribution in [0.4, 0.5) is 0 Å². The summed E-state index contributed by atoms with van der Waals surface area (Å²) in [4.78, 5) is 32.8. The van der Waals surface area contributed by atoms with Gasteiger partial charge in [0.05, 0.1) is 13.0 Å². The van der Waals surface area contributed by atoms with Gasteiger partial charge < -0.3 is 19.4 Å². The zero-order chi connectivity index (χ0) is 22.0. The molecule has 0 aromatic heterocycles. The van der Waals surface area contributed by atoms with Gasteiger partial charge in [-0.1, -0.05) is 29.8 Å². The van der Waals surface area contributed by atoms with Crippen molar-refractivity contribution in [3.05, 3.63) is 65.2 Å². The van der Waals surface area contributed by atoms with Crippen LogP contribution in [0.2, 0.25) is 0 Å². The molecule has 2 unspecified atom stereocenters. The van der Waals surface area contributed by atoms with Crippen molar-refractivity contribution in [1.29, 1.82) is 0 Å². The molecule has 0 N–H and O–H groups in total. The van der Waals surface area contributed by atoms with E-state index in [2.05, 4.69) is 11.9 Å². The lowest BCUT2D eigenvalue weighted by molar-refractivity contribution is -0.137. The molecule has 2 aliphatic heterocycles. The summed E-state index contributed by atoms with van der Waals surface area (Å²) < 4.78 is 5.41. The molecule has 0 bridgehead atoms. The Labute approximate surface area is 184 Å². The van der Waals surface area contributed by atoms with Crippen molar-refractivity contribution >= 4 is 11.8 Å². The molecule has 2 aliphatic rings. The Kier molecular flexibility index (Phi) is 6.28. The Bertz CT molecular complexity index is 935. The highest BCUT2D eigenvalue weighted by atomic mass is 16.5. The summed E-state index contributed by atoms with van der Waals surface area (Å²) in [7, 11) is 3.73. The Morgan fingerprint density at radius 2 is 1.65 bits per heavy atom. The molecule has 0 aliphatic carbocycles. The maximum Gasteiger partial charge on any atom is 0.253 e. The van der Waals surface area contributed by atoms with Crippen molar-refractivity contribution in [1.82, 2.24) is 14.7 Å². The van der Waals surface area contributed by atoms with Gasteiger partial charge in [-0.15, -0.1) is 0 Å². The van der Waals surface area contributed by atoms with E-state index < -0.39 is 0 Å². The number of piperazine rings is 1. The number of benzene rings is 2. The first-order valence-corrected chi connectivity index (χ1v) is 10.9. The van der Waals surface area contributed by atoms with Crippen molar-refractivity contribution in [2.45, 2.75) is 12.8 Å². The number of amides is 2. The van der Waals surface area contributed by atoms with E-state index in [-0.39, 0.29) is 23.7 Å². The van der Waals surface area contributed by atoms with Crippen LogP contribution >= 0.6 is 0 Å². The number of hydrogen-bond acceptors (Lipinski definition) is 4. The number of carbonyl (C=O) groups excluding carboxylic acids is 2. The Morgan fingerprint density at radius 3 is 2.32 bits per heavy atom. The van der Waals surface area contributed by atoms with Crippen LogP contribution in [0.1, 0.15) is 27.4 Å². The van der Waals surface area contributed by atoms with Crippen molar-refractivity contribution in [2.75, 3.05) is 53.4 Å². The van der Waals surface area contributed by atoms with Gasteiger partial charge in [0.25, 0.3) is 5.91 Å². The molecule has 2 saturated heterocycles. The van der Waals surface area contributed by atoms with Gasteiger partial charge in [-0.25, -0.2) is 0 Å². The fraction of sp³-hybridized carbons (Fsp3) is 0.440. The topological polar surface area (TPSA) is 53.1 Å². The predicted octanol–water partition coefficient (Wildman–Crippen LogP) is 2.63. The van der Waals surface area contributed by atoms with E-state index in [0.717, 1.165) is 43.1 Å². The molecule has 0 spiro atoms. The highest BCUT2D eigenvalue weighted by molar-refractivity contribution is 5.95. The van der Waals surface area contributed by atoms with Gasteiger partial charge in [0.15, 0.2) is 0 Å². The van der Waals surface area contributed by atoms with Gasteiger partial charge in [0, 0.05) is 50.7 Å². The first kappa shape index (κ1) is 21.4. The van der Waals surface area contributed by atoms with E-state index in [4.69, 9.17) is 4.74 Å². The molecular formula is C25H31N3O3. The third-order valence-electron chi connectivity index (χ3n) is 6.56. The lowest BCUT2D eigenvalue weighted by atomic mass is 9.87. The van der Waals surface area contributed by atoms with Crippen LogP contribution in [0, 0.1) is 12.8 Å². The number of aryl methyl sites for hydroxylation is 1.